The van der Waals surface area contributed by atoms with Gasteiger partial charge in [0.15, 0.2) is 0 Å². The van der Waals surface area contributed by atoms with Crippen molar-refractivity contribution >= 4 is 16.7 Å². The van der Waals surface area contributed by atoms with Gasteiger partial charge in [0.05, 0.1) is 0 Å². The molecule has 14 heavy (non-hydrogen) atoms. The lowest BCUT2D eigenvalue weighted by molar-refractivity contribution is -0.121. The van der Waals surface area contributed by atoms with Crippen molar-refractivity contribution in [2.45, 2.75) is 38.8 Å². The first-order valence-electron chi connectivity index (χ1n) is 4.76. The van der Waals surface area contributed by atoms with E-state index in [4.69, 9.17) is 5.73 Å². The second kappa shape index (κ2) is 6.95. The largest absolute Gasteiger partial charge is 0.353 e. The van der Waals surface area contributed by atoms with Crippen molar-refractivity contribution in [2.24, 2.45) is 5.73 Å². The van der Waals surface area contributed by atoms with Gasteiger partial charge in [0.25, 0.3) is 0 Å². The molecule has 0 heterocycles. The van der Waals surface area contributed by atoms with Crippen LogP contribution in [0.15, 0.2) is 0 Å². The molecule has 0 aliphatic rings. The van der Waals surface area contributed by atoms with Gasteiger partial charge in [0.1, 0.15) is 0 Å². The van der Waals surface area contributed by atoms with Crippen LogP contribution in [0.2, 0.25) is 0 Å². The molecule has 0 spiro atoms. The molecule has 84 valence electrons. The number of hydrogen-bond donors (Lipinski definition) is 2. The number of nitrogens with two attached hydrogens (primary N) is 1. The minimum Gasteiger partial charge on any atom is -0.353 e. The Labute approximate surface area is 88.1 Å². The van der Waals surface area contributed by atoms with Gasteiger partial charge in [-0.15, -0.1) is 0 Å². The van der Waals surface area contributed by atoms with E-state index in [0.717, 1.165) is 0 Å². The number of rotatable bonds is 6. The van der Waals surface area contributed by atoms with Crippen molar-refractivity contribution in [1.29, 1.82) is 0 Å². The molecule has 0 aliphatic heterocycles. The first-order chi connectivity index (χ1) is 6.41. The predicted molar refractivity (Wildman–Crippen MR) is 59.4 cm³/mol. The first-order valence-corrected chi connectivity index (χ1v) is 6.49. The van der Waals surface area contributed by atoms with Crippen LogP contribution in [0.5, 0.6) is 0 Å². The minimum atomic E-state index is -0.864. The van der Waals surface area contributed by atoms with Crippen molar-refractivity contribution in [1.82, 2.24) is 5.32 Å². The fourth-order valence-electron chi connectivity index (χ4n) is 1.10. The van der Waals surface area contributed by atoms with Crippen LogP contribution in [-0.4, -0.2) is 34.2 Å². The Hall–Kier alpha value is -0.420. The van der Waals surface area contributed by atoms with E-state index in [1.165, 1.54) is 0 Å². The summed E-state index contributed by atoms with van der Waals surface area (Å²) in [5, 5.41) is 2.78. The quantitative estimate of drug-likeness (QED) is 0.661. The lowest BCUT2D eigenvalue weighted by Crippen LogP contribution is -2.36. The van der Waals surface area contributed by atoms with Gasteiger partial charge in [-0.05, 0) is 20.3 Å². The highest BCUT2D eigenvalue weighted by Crippen LogP contribution is 1.94. The summed E-state index contributed by atoms with van der Waals surface area (Å²) in [5.74, 6) is 0.490. The van der Waals surface area contributed by atoms with Gasteiger partial charge < -0.3 is 11.1 Å². The standard InChI is InChI=1S/C9H20N2O2S/c1-7(10)4-5-9(12)11-8(2)6-14(3)13/h7-8H,4-6,10H2,1-3H3,(H,11,12). The van der Waals surface area contributed by atoms with E-state index in [1.54, 1.807) is 6.26 Å². The lowest BCUT2D eigenvalue weighted by Gasteiger charge is -2.12. The van der Waals surface area contributed by atoms with Gasteiger partial charge in [-0.2, -0.15) is 0 Å². The molecule has 0 saturated heterocycles. The van der Waals surface area contributed by atoms with Crippen molar-refractivity contribution < 1.29 is 9.00 Å². The van der Waals surface area contributed by atoms with Crippen LogP contribution in [0.4, 0.5) is 0 Å². The normalized spacial score (nSPS) is 17.1. The number of hydrogen-bond acceptors (Lipinski definition) is 3. The summed E-state index contributed by atoms with van der Waals surface area (Å²) < 4.78 is 10.8. The first kappa shape index (κ1) is 13.6. The summed E-state index contributed by atoms with van der Waals surface area (Å²) in [6, 6.07) is 0.0257. The Morgan fingerprint density at radius 3 is 2.50 bits per heavy atom. The van der Waals surface area contributed by atoms with E-state index in [2.05, 4.69) is 5.32 Å². The third kappa shape index (κ3) is 8.19. The highest BCUT2D eigenvalue weighted by molar-refractivity contribution is 7.84. The van der Waals surface area contributed by atoms with Crippen LogP contribution in [0, 0.1) is 0 Å². The molecule has 0 rings (SSSR count). The molecule has 4 nitrogen and oxygen atoms in total. The average Bonchev–Trinajstić information content (AvgIpc) is 1.98. The molecule has 0 aromatic carbocycles. The van der Waals surface area contributed by atoms with Gasteiger partial charge in [-0.1, -0.05) is 0 Å². The number of carbonyl (C=O) groups excluding carboxylic acids is 1. The fraction of sp³-hybridized carbons (Fsp3) is 0.889. The second-order valence-electron chi connectivity index (χ2n) is 3.72. The maximum Gasteiger partial charge on any atom is 0.220 e. The summed E-state index contributed by atoms with van der Waals surface area (Å²) in [6.07, 6.45) is 2.76. The van der Waals surface area contributed by atoms with E-state index >= 15 is 0 Å². The highest BCUT2D eigenvalue weighted by Gasteiger charge is 2.09. The molecule has 0 bridgehead atoms. The Morgan fingerprint density at radius 1 is 1.50 bits per heavy atom. The van der Waals surface area contributed by atoms with Gasteiger partial charge >= 0.3 is 0 Å². The molecule has 1 amide bonds. The zero-order chi connectivity index (χ0) is 11.1. The topological polar surface area (TPSA) is 72.2 Å². The smallest absolute Gasteiger partial charge is 0.220 e. The van der Waals surface area contributed by atoms with Gasteiger partial charge in [-0.3, -0.25) is 9.00 Å². The number of nitrogens with one attached hydrogen (secondary N) is 1. The maximum absolute atomic E-state index is 11.3. The Morgan fingerprint density at radius 2 is 2.07 bits per heavy atom. The maximum atomic E-state index is 11.3. The van der Waals surface area contributed by atoms with Crippen LogP contribution in [0.1, 0.15) is 26.7 Å². The van der Waals surface area contributed by atoms with Crippen molar-refractivity contribution in [3.8, 4) is 0 Å². The summed E-state index contributed by atoms with van der Waals surface area (Å²) in [7, 11) is -0.864. The van der Waals surface area contributed by atoms with Crippen LogP contribution in [0.25, 0.3) is 0 Å². The summed E-state index contributed by atoms with van der Waals surface area (Å²) in [6.45, 7) is 3.73. The lowest BCUT2D eigenvalue weighted by atomic mass is 10.2. The third-order valence-electron chi connectivity index (χ3n) is 1.72. The van der Waals surface area contributed by atoms with Crippen molar-refractivity contribution in [2.75, 3.05) is 12.0 Å². The summed E-state index contributed by atoms with van der Waals surface area (Å²) in [5.41, 5.74) is 5.52. The molecule has 0 radical (unpaired) electrons. The van der Waals surface area contributed by atoms with Gasteiger partial charge in [0, 0.05) is 41.3 Å². The molecule has 0 aromatic heterocycles. The van der Waals surface area contributed by atoms with E-state index in [0.29, 0.717) is 18.6 Å². The Balaban J connectivity index is 3.66. The second-order valence-corrected chi connectivity index (χ2v) is 5.20. The summed E-state index contributed by atoms with van der Waals surface area (Å²) >= 11 is 0. The van der Waals surface area contributed by atoms with Crippen LogP contribution < -0.4 is 11.1 Å². The van der Waals surface area contributed by atoms with Crippen LogP contribution in [-0.2, 0) is 15.6 Å². The predicted octanol–water partition coefficient (Wildman–Crippen LogP) is -0.00300. The zero-order valence-corrected chi connectivity index (χ0v) is 9.89. The molecule has 3 N–H and O–H groups in total. The fourth-order valence-corrected chi connectivity index (χ4v) is 1.89. The Kier molecular flexibility index (Phi) is 6.74. The Bertz CT molecular complexity index is 207. The minimum absolute atomic E-state index is 0.0137. The monoisotopic (exact) mass is 220 g/mol. The van der Waals surface area contributed by atoms with Gasteiger partial charge in [0.2, 0.25) is 5.91 Å². The zero-order valence-electron chi connectivity index (χ0n) is 9.08. The number of carbonyl (C=O) groups is 1. The van der Waals surface area contributed by atoms with Crippen LogP contribution in [0.3, 0.4) is 0 Å². The average molecular weight is 220 g/mol. The van der Waals surface area contributed by atoms with Crippen molar-refractivity contribution in [3.63, 3.8) is 0 Å². The molecule has 3 unspecified atom stereocenters. The molecule has 5 heteroatoms. The van der Waals surface area contributed by atoms with E-state index < -0.39 is 10.8 Å². The molecular weight excluding hydrogens is 200 g/mol. The number of amides is 1. The highest BCUT2D eigenvalue weighted by atomic mass is 32.2. The SMILES string of the molecule is CC(N)CCC(=O)NC(C)CS(C)=O. The third-order valence-corrected chi connectivity index (χ3v) is 2.69. The molecule has 3 atom stereocenters. The van der Waals surface area contributed by atoms with E-state index in [9.17, 15) is 9.00 Å². The van der Waals surface area contributed by atoms with Crippen molar-refractivity contribution in [3.05, 3.63) is 0 Å². The van der Waals surface area contributed by atoms with E-state index in [-0.39, 0.29) is 18.0 Å². The van der Waals surface area contributed by atoms with E-state index in [1.807, 2.05) is 13.8 Å². The van der Waals surface area contributed by atoms with Crippen LogP contribution >= 0.6 is 0 Å². The molecule has 0 aromatic rings. The van der Waals surface area contributed by atoms with Gasteiger partial charge in [-0.25, -0.2) is 0 Å². The molecular formula is C9H20N2O2S. The molecule has 0 fully saturated rings. The summed E-state index contributed by atoms with van der Waals surface area (Å²) in [4.78, 5) is 11.3. The molecule has 0 saturated carbocycles. The molecule has 0 aliphatic carbocycles.